The second kappa shape index (κ2) is 5.08. The molecule has 94 valence electrons. The molecule has 2 heterocycles. The van der Waals surface area contributed by atoms with Gasteiger partial charge in [0.05, 0.1) is 22.6 Å². The quantitative estimate of drug-likeness (QED) is 0.771. The summed E-state index contributed by atoms with van der Waals surface area (Å²) in [6.45, 7) is 5.87. The first kappa shape index (κ1) is 12.4. The van der Waals surface area contributed by atoms with Crippen LogP contribution in [0.15, 0.2) is 12.1 Å². The van der Waals surface area contributed by atoms with Crippen LogP contribution in [0.25, 0.3) is 5.82 Å². The Balaban J connectivity index is 2.59. The summed E-state index contributed by atoms with van der Waals surface area (Å²) in [5, 5.41) is 12.6. The summed E-state index contributed by atoms with van der Waals surface area (Å²) in [5.74, 6) is 0.653. The van der Waals surface area contributed by atoms with Crippen LogP contribution in [0.3, 0.4) is 0 Å². The predicted molar refractivity (Wildman–Crippen MR) is 68.0 cm³/mol. The molecular weight excluding hydrogens is 228 g/mol. The van der Waals surface area contributed by atoms with E-state index in [-0.39, 0.29) is 0 Å². The highest BCUT2D eigenvalue weighted by atomic mass is 16.1. The Hall–Kier alpha value is -2.04. The minimum absolute atomic E-state index is 0.653. The average molecular weight is 244 g/mol. The second-order valence-corrected chi connectivity index (χ2v) is 4.08. The Labute approximate surface area is 106 Å². The molecule has 0 spiro atoms. The molecule has 2 aromatic heterocycles. The molecule has 0 amide bonds. The lowest BCUT2D eigenvalue weighted by molar-refractivity contribution is 0.112. The van der Waals surface area contributed by atoms with Crippen LogP contribution >= 0.6 is 0 Å². The Bertz CT molecular complexity index is 557. The lowest BCUT2D eigenvalue weighted by atomic mass is 10.1. The van der Waals surface area contributed by atoms with Crippen LogP contribution < -0.4 is 0 Å². The van der Waals surface area contributed by atoms with E-state index in [9.17, 15) is 4.79 Å². The van der Waals surface area contributed by atoms with Crippen LogP contribution in [0.1, 0.15) is 41.3 Å². The summed E-state index contributed by atoms with van der Waals surface area (Å²) >= 11 is 0. The zero-order valence-corrected chi connectivity index (χ0v) is 10.8. The number of aromatic nitrogens is 4. The topological polar surface area (TPSA) is 60.7 Å². The molecule has 0 unspecified atom stereocenters. The van der Waals surface area contributed by atoms with E-state index in [4.69, 9.17) is 0 Å². The van der Waals surface area contributed by atoms with Gasteiger partial charge < -0.3 is 0 Å². The molecule has 0 N–H and O–H groups in total. The van der Waals surface area contributed by atoms with E-state index in [2.05, 4.69) is 15.3 Å². The molecule has 18 heavy (non-hydrogen) atoms. The molecule has 0 aliphatic heterocycles. The van der Waals surface area contributed by atoms with E-state index in [0.717, 1.165) is 36.2 Å². The molecule has 0 aliphatic carbocycles. The van der Waals surface area contributed by atoms with Gasteiger partial charge in [0.2, 0.25) is 0 Å². The highest BCUT2D eigenvalue weighted by Gasteiger charge is 2.16. The van der Waals surface area contributed by atoms with E-state index >= 15 is 0 Å². The summed E-state index contributed by atoms with van der Waals surface area (Å²) in [6, 6.07) is 3.75. The smallest absolute Gasteiger partial charge is 0.175 e. The van der Waals surface area contributed by atoms with Gasteiger partial charge in [-0.25, -0.2) is 4.68 Å². The fourth-order valence-corrected chi connectivity index (χ4v) is 1.95. The SMILES string of the molecule is CCc1nn(-c2ccc(C)nn2)c(CC)c1C=O. The van der Waals surface area contributed by atoms with Crippen molar-refractivity contribution in [1.82, 2.24) is 20.0 Å². The van der Waals surface area contributed by atoms with Gasteiger partial charge >= 0.3 is 0 Å². The summed E-state index contributed by atoms with van der Waals surface area (Å²) in [6.07, 6.45) is 2.34. The highest BCUT2D eigenvalue weighted by Crippen LogP contribution is 2.17. The van der Waals surface area contributed by atoms with Crippen LogP contribution in [-0.4, -0.2) is 26.3 Å². The molecule has 5 heteroatoms. The van der Waals surface area contributed by atoms with E-state index in [1.807, 2.05) is 32.9 Å². The van der Waals surface area contributed by atoms with Crippen LogP contribution in [-0.2, 0) is 12.8 Å². The van der Waals surface area contributed by atoms with Crippen molar-refractivity contribution < 1.29 is 4.79 Å². The number of carbonyl (C=O) groups is 1. The average Bonchev–Trinajstić information content (AvgIpc) is 2.77. The van der Waals surface area contributed by atoms with Crippen molar-refractivity contribution in [3.8, 4) is 5.82 Å². The lowest BCUT2D eigenvalue weighted by Crippen LogP contribution is -2.06. The molecule has 0 radical (unpaired) electrons. The van der Waals surface area contributed by atoms with Crippen molar-refractivity contribution in [2.75, 3.05) is 0 Å². The number of rotatable bonds is 4. The molecule has 0 bridgehead atoms. The van der Waals surface area contributed by atoms with Gasteiger partial charge in [0.25, 0.3) is 0 Å². The predicted octanol–water partition coefficient (Wildman–Crippen LogP) is 1.91. The number of nitrogens with zero attached hydrogens (tertiary/aromatic N) is 4. The minimum Gasteiger partial charge on any atom is -0.298 e. The third-order valence-electron chi connectivity index (χ3n) is 2.89. The molecule has 0 aromatic carbocycles. The molecular formula is C13H16N4O. The second-order valence-electron chi connectivity index (χ2n) is 4.08. The van der Waals surface area contributed by atoms with Crippen molar-refractivity contribution >= 4 is 6.29 Å². The summed E-state index contributed by atoms with van der Waals surface area (Å²) in [7, 11) is 0. The molecule has 2 rings (SSSR count). The maximum Gasteiger partial charge on any atom is 0.175 e. The van der Waals surface area contributed by atoms with Gasteiger partial charge in [-0.2, -0.15) is 10.2 Å². The number of hydrogen-bond donors (Lipinski definition) is 0. The van der Waals surface area contributed by atoms with E-state index < -0.39 is 0 Å². The normalized spacial score (nSPS) is 10.6. The zero-order valence-electron chi connectivity index (χ0n) is 10.8. The van der Waals surface area contributed by atoms with Crippen LogP contribution in [0.4, 0.5) is 0 Å². The monoisotopic (exact) mass is 244 g/mol. The third-order valence-corrected chi connectivity index (χ3v) is 2.89. The third kappa shape index (κ3) is 2.03. The molecule has 0 aliphatic rings. The van der Waals surface area contributed by atoms with Gasteiger partial charge in [-0.1, -0.05) is 13.8 Å². The van der Waals surface area contributed by atoms with Crippen LogP contribution in [0, 0.1) is 6.92 Å². The number of aryl methyl sites for hydroxylation is 2. The molecule has 0 saturated carbocycles. The van der Waals surface area contributed by atoms with Gasteiger partial charge in [-0.15, -0.1) is 5.10 Å². The van der Waals surface area contributed by atoms with E-state index in [1.165, 1.54) is 0 Å². The number of aldehydes is 1. The van der Waals surface area contributed by atoms with Gasteiger partial charge in [0.1, 0.15) is 0 Å². The molecule has 0 fully saturated rings. The fourth-order valence-electron chi connectivity index (χ4n) is 1.95. The standard InChI is InChI=1S/C13H16N4O/c1-4-11-10(8-18)12(5-2)17(16-11)13-7-6-9(3)14-15-13/h6-8H,4-5H2,1-3H3. The molecule has 0 atom stereocenters. The van der Waals surface area contributed by atoms with Crippen LogP contribution in [0.2, 0.25) is 0 Å². The maximum absolute atomic E-state index is 11.2. The molecule has 0 saturated heterocycles. The van der Waals surface area contributed by atoms with Gasteiger partial charge in [-0.05, 0) is 31.9 Å². The highest BCUT2D eigenvalue weighted by molar-refractivity contribution is 5.78. The van der Waals surface area contributed by atoms with Crippen molar-refractivity contribution in [2.24, 2.45) is 0 Å². The Morgan fingerprint density at radius 3 is 2.50 bits per heavy atom. The van der Waals surface area contributed by atoms with Gasteiger partial charge in [-0.3, -0.25) is 4.79 Å². The van der Waals surface area contributed by atoms with Crippen LogP contribution in [0.5, 0.6) is 0 Å². The maximum atomic E-state index is 11.2. The van der Waals surface area contributed by atoms with Gasteiger partial charge in [0, 0.05) is 0 Å². The number of hydrogen-bond acceptors (Lipinski definition) is 4. The van der Waals surface area contributed by atoms with Gasteiger partial charge in [0.15, 0.2) is 12.1 Å². The Morgan fingerprint density at radius 1 is 1.22 bits per heavy atom. The molecule has 5 nitrogen and oxygen atoms in total. The first-order chi connectivity index (χ1) is 8.71. The Morgan fingerprint density at radius 2 is 2.00 bits per heavy atom. The first-order valence-corrected chi connectivity index (χ1v) is 6.07. The largest absolute Gasteiger partial charge is 0.298 e. The minimum atomic E-state index is 0.653. The summed E-state index contributed by atoms with van der Waals surface area (Å²) in [5.41, 5.74) is 3.24. The van der Waals surface area contributed by atoms with Crippen molar-refractivity contribution in [3.63, 3.8) is 0 Å². The van der Waals surface area contributed by atoms with Crippen molar-refractivity contribution in [2.45, 2.75) is 33.6 Å². The molecule has 2 aromatic rings. The zero-order chi connectivity index (χ0) is 13.1. The van der Waals surface area contributed by atoms with E-state index in [0.29, 0.717) is 11.4 Å². The lowest BCUT2D eigenvalue weighted by Gasteiger charge is -2.04. The number of carbonyl (C=O) groups excluding carboxylic acids is 1. The summed E-state index contributed by atoms with van der Waals surface area (Å²) in [4.78, 5) is 11.2. The summed E-state index contributed by atoms with van der Waals surface area (Å²) < 4.78 is 1.72. The Kier molecular flexibility index (Phi) is 3.50. The first-order valence-electron chi connectivity index (χ1n) is 6.07. The van der Waals surface area contributed by atoms with Crippen molar-refractivity contribution in [1.29, 1.82) is 0 Å². The van der Waals surface area contributed by atoms with Crippen molar-refractivity contribution in [3.05, 3.63) is 34.8 Å². The van der Waals surface area contributed by atoms with E-state index in [1.54, 1.807) is 4.68 Å². The fraction of sp³-hybridized carbons (Fsp3) is 0.385.